The molecule has 6 heteroatoms. The van der Waals surface area contributed by atoms with Crippen molar-refractivity contribution < 1.29 is 17.6 Å². The normalized spacial score (nSPS) is 23.3. The molecule has 1 amide bonds. The smallest absolute Gasteiger partial charge is 0.287 e. The van der Waals surface area contributed by atoms with E-state index in [1.807, 2.05) is 32.9 Å². The summed E-state index contributed by atoms with van der Waals surface area (Å²) in [6.45, 7) is 7.44. The maximum absolute atomic E-state index is 12.6. The van der Waals surface area contributed by atoms with Crippen molar-refractivity contribution in [3.63, 3.8) is 0 Å². The van der Waals surface area contributed by atoms with Gasteiger partial charge in [-0.3, -0.25) is 4.79 Å². The lowest BCUT2D eigenvalue weighted by atomic mass is 10.0. The highest BCUT2D eigenvalue weighted by atomic mass is 32.2. The lowest BCUT2D eigenvalue weighted by Gasteiger charge is -2.15. The average molecular weight is 335 g/mol. The first kappa shape index (κ1) is 16.1. The topological polar surface area (TPSA) is 76.4 Å². The number of fused-ring (bicyclic) bond motifs is 1. The third-order valence-electron chi connectivity index (χ3n) is 4.85. The zero-order chi connectivity index (χ0) is 16.9. The highest BCUT2D eigenvalue weighted by molar-refractivity contribution is 7.92. The van der Waals surface area contributed by atoms with E-state index in [9.17, 15) is 13.2 Å². The van der Waals surface area contributed by atoms with Crippen LogP contribution in [-0.2, 0) is 9.84 Å². The molecule has 1 saturated heterocycles. The lowest BCUT2D eigenvalue weighted by molar-refractivity contribution is 0.0910. The number of nitrogens with one attached hydrogen (secondary N) is 1. The van der Waals surface area contributed by atoms with Gasteiger partial charge < -0.3 is 9.73 Å². The second kappa shape index (κ2) is 5.37. The SMILES string of the molecule is Cc1ccc(C)c2c(C)c(C(=O)N[C@H]3CCS(=O)(=O)[C@H]3C)oc12. The molecule has 2 atom stereocenters. The monoisotopic (exact) mass is 335 g/mol. The predicted octanol–water partition coefficient (Wildman–Crippen LogP) is 2.66. The maximum atomic E-state index is 12.6. The second-order valence-corrected chi connectivity index (χ2v) is 8.88. The molecule has 2 heterocycles. The molecule has 0 unspecified atom stereocenters. The Labute approximate surface area is 136 Å². The van der Waals surface area contributed by atoms with Crippen molar-refractivity contribution in [3.05, 3.63) is 34.6 Å². The maximum Gasteiger partial charge on any atom is 0.287 e. The van der Waals surface area contributed by atoms with Gasteiger partial charge in [-0.25, -0.2) is 8.42 Å². The minimum absolute atomic E-state index is 0.121. The van der Waals surface area contributed by atoms with Crippen LogP contribution in [0.5, 0.6) is 0 Å². The zero-order valence-corrected chi connectivity index (χ0v) is 14.6. The van der Waals surface area contributed by atoms with Crippen molar-refractivity contribution >= 4 is 26.7 Å². The summed E-state index contributed by atoms with van der Waals surface area (Å²) in [6, 6.07) is 3.61. The summed E-state index contributed by atoms with van der Waals surface area (Å²) in [5.41, 5.74) is 3.55. The van der Waals surface area contributed by atoms with Gasteiger partial charge >= 0.3 is 0 Å². The lowest BCUT2D eigenvalue weighted by Crippen LogP contribution is -2.40. The molecule has 3 rings (SSSR count). The molecule has 1 aliphatic rings. The highest BCUT2D eigenvalue weighted by Gasteiger charge is 2.38. The van der Waals surface area contributed by atoms with Crippen molar-refractivity contribution in [2.45, 2.75) is 45.4 Å². The molecule has 1 fully saturated rings. The molecule has 23 heavy (non-hydrogen) atoms. The standard InChI is InChI=1S/C17H21NO4S/c1-9-5-6-10(2)15-14(9)11(3)16(22-15)17(19)18-13-7-8-23(20,21)12(13)4/h5-6,12-13H,7-8H2,1-4H3,(H,18,19)/t12-,13-/m0/s1. The van der Waals surface area contributed by atoms with Gasteiger partial charge in [0.05, 0.1) is 11.0 Å². The summed E-state index contributed by atoms with van der Waals surface area (Å²) in [5.74, 6) is 0.0523. The van der Waals surface area contributed by atoms with Crippen molar-refractivity contribution in [1.82, 2.24) is 5.32 Å². The molecule has 124 valence electrons. The predicted molar refractivity (Wildman–Crippen MR) is 89.5 cm³/mol. The van der Waals surface area contributed by atoms with Crippen LogP contribution in [0.25, 0.3) is 11.0 Å². The number of aryl methyl sites for hydroxylation is 3. The van der Waals surface area contributed by atoms with E-state index >= 15 is 0 Å². The fourth-order valence-corrected chi connectivity index (χ4v) is 4.94. The zero-order valence-electron chi connectivity index (χ0n) is 13.8. The van der Waals surface area contributed by atoms with Crippen LogP contribution >= 0.6 is 0 Å². The fraction of sp³-hybridized carbons (Fsp3) is 0.471. The Morgan fingerprint density at radius 3 is 2.43 bits per heavy atom. The summed E-state index contributed by atoms with van der Waals surface area (Å²) in [4.78, 5) is 12.6. The number of carbonyl (C=O) groups is 1. The van der Waals surface area contributed by atoms with Crippen LogP contribution in [0.1, 0.15) is 40.6 Å². The molecule has 1 N–H and O–H groups in total. The van der Waals surface area contributed by atoms with Gasteiger partial charge in [-0.1, -0.05) is 12.1 Å². The number of furan rings is 1. The summed E-state index contributed by atoms with van der Waals surface area (Å²) in [6.07, 6.45) is 0.451. The molecule has 5 nitrogen and oxygen atoms in total. The van der Waals surface area contributed by atoms with Gasteiger partial charge in [-0.2, -0.15) is 0 Å². The van der Waals surface area contributed by atoms with Crippen LogP contribution in [0.15, 0.2) is 16.5 Å². The van der Waals surface area contributed by atoms with Gasteiger partial charge in [0.1, 0.15) is 5.58 Å². The minimum Gasteiger partial charge on any atom is -0.450 e. The van der Waals surface area contributed by atoms with E-state index in [-0.39, 0.29) is 23.5 Å². The fourth-order valence-electron chi connectivity index (χ4n) is 3.28. The van der Waals surface area contributed by atoms with Crippen LogP contribution in [0.2, 0.25) is 0 Å². The molecule has 0 spiro atoms. The molecule has 0 aliphatic carbocycles. The van der Waals surface area contributed by atoms with Crippen LogP contribution < -0.4 is 5.32 Å². The summed E-state index contributed by atoms with van der Waals surface area (Å²) in [7, 11) is -3.10. The van der Waals surface area contributed by atoms with E-state index in [1.165, 1.54) is 0 Å². The van der Waals surface area contributed by atoms with E-state index < -0.39 is 15.1 Å². The third kappa shape index (κ3) is 2.55. The van der Waals surface area contributed by atoms with Crippen molar-refractivity contribution in [3.8, 4) is 0 Å². The Morgan fingerprint density at radius 1 is 1.22 bits per heavy atom. The second-order valence-electron chi connectivity index (χ2n) is 6.40. The first-order chi connectivity index (χ1) is 10.7. The third-order valence-corrected chi connectivity index (χ3v) is 7.12. The van der Waals surface area contributed by atoms with E-state index in [1.54, 1.807) is 6.92 Å². The first-order valence-corrected chi connectivity index (χ1v) is 9.45. The van der Waals surface area contributed by atoms with Gasteiger partial charge in [0.25, 0.3) is 5.91 Å². The molecule has 2 aromatic rings. The van der Waals surface area contributed by atoms with Crippen LogP contribution in [-0.4, -0.2) is 31.4 Å². The number of hydrogen-bond acceptors (Lipinski definition) is 4. The van der Waals surface area contributed by atoms with E-state index in [0.717, 1.165) is 27.7 Å². The van der Waals surface area contributed by atoms with E-state index in [0.29, 0.717) is 6.42 Å². The van der Waals surface area contributed by atoms with Crippen molar-refractivity contribution in [1.29, 1.82) is 0 Å². The largest absolute Gasteiger partial charge is 0.450 e. The number of amides is 1. The van der Waals surface area contributed by atoms with E-state index in [2.05, 4.69) is 5.32 Å². The average Bonchev–Trinajstić information content (AvgIpc) is 2.96. The van der Waals surface area contributed by atoms with Crippen molar-refractivity contribution in [2.75, 3.05) is 5.75 Å². The Hall–Kier alpha value is -1.82. The molecular formula is C17H21NO4S. The van der Waals surface area contributed by atoms with Gasteiger partial charge in [-0.15, -0.1) is 0 Å². The van der Waals surface area contributed by atoms with Gasteiger partial charge in [0.2, 0.25) is 0 Å². The summed E-state index contributed by atoms with van der Waals surface area (Å²) in [5, 5.41) is 3.23. The molecule has 1 aromatic carbocycles. The van der Waals surface area contributed by atoms with Crippen LogP contribution in [0.3, 0.4) is 0 Å². The minimum atomic E-state index is -3.10. The van der Waals surface area contributed by atoms with E-state index in [4.69, 9.17) is 4.42 Å². The van der Waals surface area contributed by atoms with Crippen LogP contribution in [0, 0.1) is 20.8 Å². The van der Waals surface area contributed by atoms with Gasteiger partial charge in [0, 0.05) is 17.0 Å². The number of rotatable bonds is 2. The quantitative estimate of drug-likeness (QED) is 0.915. The number of carbonyl (C=O) groups excluding carboxylic acids is 1. The molecule has 0 saturated carbocycles. The molecule has 1 aliphatic heterocycles. The Kier molecular flexibility index (Phi) is 3.75. The summed E-state index contributed by atoms with van der Waals surface area (Å²) < 4.78 is 29.4. The first-order valence-electron chi connectivity index (χ1n) is 7.74. The number of hydrogen-bond donors (Lipinski definition) is 1. The number of benzene rings is 1. The van der Waals surface area contributed by atoms with Gasteiger partial charge in [-0.05, 0) is 45.2 Å². The summed E-state index contributed by atoms with van der Waals surface area (Å²) >= 11 is 0. The molecule has 0 radical (unpaired) electrons. The Balaban J connectivity index is 1.95. The van der Waals surface area contributed by atoms with Crippen molar-refractivity contribution in [2.24, 2.45) is 0 Å². The Bertz CT molecular complexity index is 895. The number of sulfone groups is 1. The molecule has 0 bridgehead atoms. The highest BCUT2D eigenvalue weighted by Crippen LogP contribution is 2.31. The molecular weight excluding hydrogens is 314 g/mol. The molecule has 1 aromatic heterocycles. The Morgan fingerprint density at radius 2 is 1.87 bits per heavy atom. The van der Waals surface area contributed by atoms with Crippen LogP contribution in [0.4, 0.5) is 0 Å². The van der Waals surface area contributed by atoms with Gasteiger partial charge in [0.15, 0.2) is 15.6 Å².